The molecule has 1 aromatic rings. The third-order valence-electron chi connectivity index (χ3n) is 3.07. The molecule has 1 aliphatic rings. The van der Waals surface area contributed by atoms with E-state index in [1.54, 1.807) is 20.3 Å². The Morgan fingerprint density at radius 1 is 1.29 bits per heavy atom. The third kappa shape index (κ3) is 2.35. The summed E-state index contributed by atoms with van der Waals surface area (Å²) in [6.45, 7) is 2.91. The maximum atomic E-state index is 11.2. The van der Waals surface area contributed by atoms with Crippen molar-refractivity contribution in [3.8, 4) is 0 Å². The van der Waals surface area contributed by atoms with E-state index >= 15 is 0 Å². The molecule has 1 fully saturated rings. The summed E-state index contributed by atoms with van der Waals surface area (Å²) in [6.07, 6.45) is 0.0664. The third-order valence-corrected chi connectivity index (χ3v) is 3.07. The van der Waals surface area contributed by atoms with Gasteiger partial charge in [0.25, 0.3) is 0 Å². The van der Waals surface area contributed by atoms with Gasteiger partial charge in [-0.1, -0.05) is 0 Å². The molecule has 0 aliphatic carbocycles. The van der Waals surface area contributed by atoms with Crippen LogP contribution in [0.4, 0.5) is 5.88 Å². The molecule has 1 aliphatic heterocycles. The second kappa shape index (κ2) is 4.89. The van der Waals surface area contributed by atoms with Crippen LogP contribution in [-0.2, 0) is 9.47 Å². The first-order valence-electron chi connectivity index (χ1n) is 5.57. The Bertz CT molecular complexity index is 389. The van der Waals surface area contributed by atoms with Crippen molar-refractivity contribution in [2.45, 2.75) is 19.1 Å². The lowest BCUT2D eigenvalue weighted by Gasteiger charge is -2.13. The van der Waals surface area contributed by atoms with Crippen LogP contribution in [0.2, 0.25) is 0 Å². The molecular weight excluding hydrogens is 222 g/mol. The fraction of sp³-hybridized carbons (Fsp3) is 0.583. The molecule has 1 saturated heterocycles. The van der Waals surface area contributed by atoms with Crippen molar-refractivity contribution in [2.75, 3.05) is 32.2 Å². The molecule has 0 radical (unpaired) electrons. The lowest BCUT2D eigenvalue weighted by molar-refractivity contribution is -0.00461. The number of ether oxygens (including phenoxy) is 2. The molecular formula is C12H17NO4. The fourth-order valence-corrected chi connectivity index (χ4v) is 2.06. The number of ketones is 1. The fourth-order valence-electron chi connectivity index (χ4n) is 2.06. The van der Waals surface area contributed by atoms with E-state index in [-0.39, 0.29) is 18.0 Å². The average Bonchev–Trinajstić information content (AvgIpc) is 2.94. The Morgan fingerprint density at radius 2 is 1.88 bits per heavy atom. The second-order valence-corrected chi connectivity index (χ2v) is 4.15. The van der Waals surface area contributed by atoms with Crippen LogP contribution in [0.5, 0.6) is 0 Å². The molecule has 0 N–H and O–H groups in total. The summed E-state index contributed by atoms with van der Waals surface area (Å²) in [5.41, 5.74) is 0. The van der Waals surface area contributed by atoms with Gasteiger partial charge in [-0.2, -0.15) is 0 Å². The van der Waals surface area contributed by atoms with Gasteiger partial charge in [-0.05, 0) is 6.07 Å². The minimum atomic E-state index is -0.0676. The first-order valence-corrected chi connectivity index (χ1v) is 5.57. The number of rotatable bonds is 4. The lowest BCUT2D eigenvalue weighted by atomic mass is 10.3. The highest BCUT2D eigenvalue weighted by Crippen LogP contribution is 2.25. The molecule has 94 valence electrons. The number of carbonyl (C=O) groups excluding carboxylic acids is 1. The summed E-state index contributed by atoms with van der Waals surface area (Å²) in [5, 5.41) is 0. The zero-order valence-electron chi connectivity index (χ0n) is 10.3. The minimum Gasteiger partial charge on any atom is -0.437 e. The maximum absolute atomic E-state index is 11.2. The van der Waals surface area contributed by atoms with Crippen LogP contribution in [0.1, 0.15) is 17.5 Å². The standard InChI is InChI=1S/C12H17NO4/c1-8(14)9-4-5-12(17-9)13-6-10(15-2)11(7-13)16-3/h4-5,10-11H,6-7H2,1-3H3. The molecule has 2 atom stereocenters. The smallest absolute Gasteiger partial charge is 0.196 e. The highest BCUT2D eigenvalue weighted by atomic mass is 16.5. The van der Waals surface area contributed by atoms with E-state index < -0.39 is 0 Å². The molecule has 2 heterocycles. The van der Waals surface area contributed by atoms with E-state index in [9.17, 15) is 4.79 Å². The molecule has 0 aromatic carbocycles. The molecule has 1 aromatic heterocycles. The van der Waals surface area contributed by atoms with E-state index in [0.29, 0.717) is 24.7 Å². The normalized spacial score (nSPS) is 24.3. The van der Waals surface area contributed by atoms with E-state index in [0.717, 1.165) is 0 Å². The van der Waals surface area contributed by atoms with Crippen LogP contribution in [0, 0.1) is 0 Å². The highest BCUT2D eigenvalue weighted by Gasteiger charge is 2.34. The number of Topliss-reactive ketones (excluding diaryl/α,β-unsaturated/α-hetero) is 1. The topological polar surface area (TPSA) is 51.9 Å². The van der Waals surface area contributed by atoms with Gasteiger partial charge in [0.15, 0.2) is 17.4 Å². The predicted octanol–water partition coefficient (Wildman–Crippen LogP) is 1.33. The Morgan fingerprint density at radius 3 is 2.29 bits per heavy atom. The minimum absolute atomic E-state index is 0.0332. The van der Waals surface area contributed by atoms with E-state index in [2.05, 4.69) is 0 Å². The van der Waals surface area contributed by atoms with Crippen LogP contribution < -0.4 is 4.90 Å². The van der Waals surface area contributed by atoms with Crippen LogP contribution in [0.15, 0.2) is 16.5 Å². The van der Waals surface area contributed by atoms with Gasteiger partial charge in [-0.3, -0.25) is 4.79 Å². The van der Waals surface area contributed by atoms with Crippen LogP contribution in [0.25, 0.3) is 0 Å². The number of hydrogen-bond acceptors (Lipinski definition) is 5. The summed E-state index contributed by atoms with van der Waals surface area (Å²) >= 11 is 0. The number of furan rings is 1. The van der Waals surface area contributed by atoms with Crippen molar-refractivity contribution in [1.29, 1.82) is 0 Å². The first kappa shape index (κ1) is 12.1. The largest absolute Gasteiger partial charge is 0.437 e. The van der Waals surface area contributed by atoms with Crippen molar-refractivity contribution in [2.24, 2.45) is 0 Å². The maximum Gasteiger partial charge on any atom is 0.196 e. The van der Waals surface area contributed by atoms with Crippen molar-refractivity contribution in [3.63, 3.8) is 0 Å². The van der Waals surface area contributed by atoms with Crippen LogP contribution in [0.3, 0.4) is 0 Å². The van der Waals surface area contributed by atoms with Gasteiger partial charge in [-0.15, -0.1) is 0 Å². The van der Waals surface area contributed by atoms with Gasteiger partial charge >= 0.3 is 0 Å². The van der Waals surface area contributed by atoms with Crippen molar-refractivity contribution in [3.05, 3.63) is 17.9 Å². The van der Waals surface area contributed by atoms with Gasteiger partial charge in [0.1, 0.15) is 12.2 Å². The summed E-state index contributed by atoms with van der Waals surface area (Å²) in [5.74, 6) is 1.01. The monoisotopic (exact) mass is 239 g/mol. The van der Waals surface area contributed by atoms with Crippen LogP contribution in [-0.4, -0.2) is 45.3 Å². The van der Waals surface area contributed by atoms with E-state index in [4.69, 9.17) is 13.9 Å². The van der Waals surface area contributed by atoms with Gasteiger partial charge in [0.2, 0.25) is 0 Å². The Labute approximate surface area is 100 Å². The molecule has 0 spiro atoms. The highest BCUT2D eigenvalue weighted by molar-refractivity contribution is 5.91. The summed E-state index contributed by atoms with van der Waals surface area (Å²) in [6, 6.07) is 3.50. The zero-order chi connectivity index (χ0) is 12.4. The second-order valence-electron chi connectivity index (χ2n) is 4.15. The van der Waals surface area contributed by atoms with Gasteiger partial charge in [0, 0.05) is 40.3 Å². The number of carbonyl (C=O) groups is 1. The van der Waals surface area contributed by atoms with Crippen molar-refractivity contribution in [1.82, 2.24) is 0 Å². The number of methoxy groups -OCH3 is 2. The van der Waals surface area contributed by atoms with Gasteiger partial charge in [0.05, 0.1) is 0 Å². The van der Waals surface area contributed by atoms with E-state index in [1.807, 2.05) is 11.0 Å². The quantitative estimate of drug-likeness (QED) is 0.742. The SMILES string of the molecule is COC1CN(c2ccc(C(C)=O)o2)CC1OC. The number of anilines is 1. The Hall–Kier alpha value is -1.33. The number of nitrogens with zero attached hydrogens (tertiary/aromatic N) is 1. The van der Waals surface area contributed by atoms with Gasteiger partial charge < -0.3 is 18.8 Å². The molecule has 2 unspecified atom stereocenters. The zero-order valence-corrected chi connectivity index (χ0v) is 10.3. The summed E-state index contributed by atoms with van der Waals surface area (Å²) < 4.78 is 16.2. The molecule has 17 heavy (non-hydrogen) atoms. The summed E-state index contributed by atoms with van der Waals surface area (Å²) in [4.78, 5) is 13.2. The predicted molar refractivity (Wildman–Crippen MR) is 62.5 cm³/mol. The Kier molecular flexibility index (Phi) is 3.49. The van der Waals surface area contributed by atoms with E-state index in [1.165, 1.54) is 6.92 Å². The van der Waals surface area contributed by atoms with Gasteiger partial charge in [-0.25, -0.2) is 0 Å². The first-order chi connectivity index (χ1) is 8.15. The Balaban J connectivity index is 2.10. The van der Waals surface area contributed by atoms with Crippen LogP contribution >= 0.6 is 0 Å². The summed E-state index contributed by atoms with van der Waals surface area (Å²) in [7, 11) is 3.34. The molecule has 2 rings (SSSR count). The molecule has 0 amide bonds. The molecule has 5 heteroatoms. The molecule has 0 saturated carbocycles. The number of hydrogen-bond donors (Lipinski definition) is 0. The molecule has 5 nitrogen and oxygen atoms in total. The van der Waals surface area contributed by atoms with Crippen molar-refractivity contribution < 1.29 is 18.7 Å². The van der Waals surface area contributed by atoms with Crippen molar-refractivity contribution >= 4 is 11.7 Å². The average molecular weight is 239 g/mol. The molecule has 0 bridgehead atoms. The lowest BCUT2D eigenvalue weighted by Crippen LogP contribution is -2.27.